The highest BCUT2D eigenvalue weighted by molar-refractivity contribution is 6.03. The normalized spacial score (nSPS) is 8.81. The molecule has 0 aromatic heterocycles. The molecule has 0 fully saturated rings. The minimum Gasteiger partial charge on any atom is -0.364 e. The van der Waals surface area contributed by atoms with Crippen LogP contribution in [0.1, 0.15) is 6.92 Å². The third kappa shape index (κ3) is 6.01. The molecule has 0 radical (unpaired) electrons. The van der Waals surface area contributed by atoms with Crippen molar-refractivity contribution >= 4 is 23.6 Å². The van der Waals surface area contributed by atoms with Crippen LogP contribution in [0.2, 0.25) is 0 Å². The summed E-state index contributed by atoms with van der Waals surface area (Å²) in [5, 5.41) is 6.45. The van der Waals surface area contributed by atoms with Crippen molar-refractivity contribution in [1.82, 2.24) is 16.0 Å². The Morgan fingerprint density at radius 3 is 1.67 bits per heavy atom. The number of carbonyl (C=O) groups excluding carboxylic acids is 4. The van der Waals surface area contributed by atoms with Crippen LogP contribution in [0.4, 0.5) is 0 Å². The third-order valence-corrected chi connectivity index (χ3v) is 1.99. The molecule has 0 heterocycles. The van der Waals surface area contributed by atoms with Gasteiger partial charge in [0, 0.05) is 5.57 Å². The quantitative estimate of drug-likeness (QED) is 0.445. The van der Waals surface area contributed by atoms with E-state index in [1.165, 1.54) is 6.92 Å². The van der Waals surface area contributed by atoms with E-state index in [4.69, 9.17) is 5.73 Å². The highest BCUT2D eigenvalue weighted by Gasteiger charge is 2.18. The maximum absolute atomic E-state index is 11.6. The predicted octanol–water partition coefficient (Wildman–Crippen LogP) is -1.06. The van der Waals surface area contributed by atoms with Gasteiger partial charge in [-0.25, -0.2) is 0 Å². The van der Waals surface area contributed by atoms with Crippen LogP contribution in [0.25, 0.3) is 0 Å². The van der Waals surface area contributed by atoms with Crippen molar-refractivity contribution < 1.29 is 19.2 Å². The summed E-state index contributed by atoms with van der Waals surface area (Å²) in [7, 11) is 0. The Bertz CT molecular complexity index is 537. The van der Waals surface area contributed by atoms with Crippen molar-refractivity contribution in [2.75, 3.05) is 0 Å². The van der Waals surface area contributed by atoms with Gasteiger partial charge in [0.15, 0.2) is 0 Å². The first-order chi connectivity index (χ1) is 9.72. The smallest absolute Gasteiger partial charge is 0.269 e. The molecule has 5 N–H and O–H groups in total. The zero-order chi connectivity index (χ0) is 16.6. The van der Waals surface area contributed by atoms with E-state index in [2.05, 4.69) is 35.7 Å². The summed E-state index contributed by atoms with van der Waals surface area (Å²) in [6, 6.07) is 0. The molecule has 0 aliphatic carbocycles. The molecule has 8 nitrogen and oxygen atoms in total. The van der Waals surface area contributed by atoms with E-state index in [1.807, 2.05) is 0 Å². The number of rotatable bonds is 7. The summed E-state index contributed by atoms with van der Waals surface area (Å²) in [5.41, 5.74) is 4.71. The van der Waals surface area contributed by atoms with E-state index in [-0.39, 0.29) is 5.57 Å². The summed E-state index contributed by atoms with van der Waals surface area (Å²) >= 11 is 0. The zero-order valence-corrected chi connectivity index (χ0v) is 11.5. The van der Waals surface area contributed by atoms with Gasteiger partial charge in [-0.3, -0.25) is 19.2 Å². The van der Waals surface area contributed by atoms with Crippen LogP contribution in [-0.2, 0) is 19.2 Å². The first kappa shape index (κ1) is 17.8. The summed E-state index contributed by atoms with van der Waals surface area (Å²) in [5.74, 6) is -3.63. The second-order valence-electron chi connectivity index (χ2n) is 3.74. The average Bonchev–Trinajstić information content (AvgIpc) is 2.42. The second kappa shape index (κ2) is 8.10. The predicted molar refractivity (Wildman–Crippen MR) is 75.9 cm³/mol. The van der Waals surface area contributed by atoms with Crippen LogP contribution in [0, 0.1) is 0 Å². The molecule has 0 aromatic rings. The lowest BCUT2D eigenvalue weighted by molar-refractivity contribution is -0.120. The number of amides is 4. The van der Waals surface area contributed by atoms with Crippen LogP contribution in [0.5, 0.6) is 0 Å². The fraction of sp³-hybridized carbons (Fsp3) is 0.0769. The van der Waals surface area contributed by atoms with Gasteiger partial charge in [-0.15, -0.1) is 0 Å². The molecular weight excluding hydrogens is 276 g/mol. The Kier molecular flexibility index (Phi) is 6.88. The van der Waals surface area contributed by atoms with Gasteiger partial charge in [0.2, 0.25) is 11.8 Å². The summed E-state index contributed by atoms with van der Waals surface area (Å²) in [6.07, 6.45) is 1.80. The minimum absolute atomic E-state index is 0.0956. The number of hydrogen-bond acceptors (Lipinski definition) is 4. The lowest BCUT2D eigenvalue weighted by Gasteiger charge is -2.14. The monoisotopic (exact) mass is 292 g/mol. The van der Waals surface area contributed by atoms with Gasteiger partial charge in [-0.1, -0.05) is 19.7 Å². The van der Waals surface area contributed by atoms with Crippen LogP contribution < -0.4 is 21.7 Å². The van der Waals surface area contributed by atoms with Crippen LogP contribution in [0.3, 0.4) is 0 Å². The van der Waals surface area contributed by atoms with Gasteiger partial charge in [-0.2, -0.15) is 0 Å². The van der Waals surface area contributed by atoms with Gasteiger partial charge in [-0.05, 0) is 19.1 Å². The maximum Gasteiger partial charge on any atom is 0.269 e. The highest BCUT2D eigenvalue weighted by Crippen LogP contribution is 1.98. The fourth-order valence-corrected chi connectivity index (χ4v) is 0.972. The van der Waals surface area contributed by atoms with Gasteiger partial charge < -0.3 is 21.7 Å². The van der Waals surface area contributed by atoms with Crippen molar-refractivity contribution in [3.05, 3.63) is 49.0 Å². The van der Waals surface area contributed by atoms with E-state index in [0.717, 1.165) is 12.2 Å². The highest BCUT2D eigenvalue weighted by atomic mass is 16.2. The molecule has 112 valence electrons. The summed E-state index contributed by atoms with van der Waals surface area (Å²) in [6.45, 7) is 11.2. The molecule has 0 aromatic carbocycles. The molecule has 0 bridgehead atoms. The lowest BCUT2D eigenvalue weighted by Crippen LogP contribution is -2.42. The molecule has 0 atom stereocenters. The molecule has 0 rings (SSSR count). The van der Waals surface area contributed by atoms with E-state index in [1.54, 1.807) is 0 Å². The Morgan fingerprint density at radius 2 is 1.38 bits per heavy atom. The zero-order valence-electron chi connectivity index (χ0n) is 11.5. The van der Waals surface area contributed by atoms with Crippen molar-refractivity contribution in [1.29, 1.82) is 0 Å². The van der Waals surface area contributed by atoms with Gasteiger partial charge in [0.05, 0.1) is 0 Å². The van der Waals surface area contributed by atoms with Crippen LogP contribution in [-0.4, -0.2) is 23.6 Å². The average molecular weight is 292 g/mol. The molecular formula is C13H16N4O4. The van der Waals surface area contributed by atoms with Gasteiger partial charge in [0.25, 0.3) is 11.8 Å². The van der Waals surface area contributed by atoms with Crippen LogP contribution in [0.15, 0.2) is 49.0 Å². The second-order valence-corrected chi connectivity index (χ2v) is 3.74. The first-order valence-electron chi connectivity index (χ1n) is 5.60. The lowest BCUT2D eigenvalue weighted by atomic mass is 10.3. The van der Waals surface area contributed by atoms with Crippen molar-refractivity contribution in [3.8, 4) is 0 Å². The minimum atomic E-state index is -1.08. The number of primary amides is 1. The summed E-state index contributed by atoms with van der Waals surface area (Å²) < 4.78 is 0. The number of nitrogens with two attached hydrogens (primary N) is 1. The number of carbonyl (C=O) groups is 4. The molecule has 0 aliphatic rings. The SMILES string of the molecule is C=CC(=O)NC(NC(=O)C=C)=C(NC(=O)C(=C)C)C(N)=O. The molecule has 4 amide bonds. The van der Waals surface area contributed by atoms with Gasteiger partial charge >= 0.3 is 0 Å². The van der Waals surface area contributed by atoms with E-state index in [0.29, 0.717) is 0 Å². The maximum atomic E-state index is 11.6. The first-order valence-corrected chi connectivity index (χ1v) is 5.60. The number of nitrogens with one attached hydrogen (secondary N) is 3. The fourth-order valence-electron chi connectivity index (χ4n) is 0.972. The molecule has 0 saturated heterocycles. The molecule has 0 saturated carbocycles. The third-order valence-electron chi connectivity index (χ3n) is 1.99. The van der Waals surface area contributed by atoms with Crippen molar-refractivity contribution in [2.45, 2.75) is 6.92 Å². The standard InChI is InChI=1S/C13H16N4O4/c1-5-8(18)15-12(16-9(19)6-2)10(11(14)20)17-13(21)7(3)4/h5-6H,1-3H2,4H3,(H2,14,20)(H,15,18)(H,16,19)(H,17,21). The van der Waals surface area contributed by atoms with Crippen molar-refractivity contribution in [2.24, 2.45) is 5.73 Å². The largest absolute Gasteiger partial charge is 0.364 e. The molecule has 0 unspecified atom stereocenters. The molecule has 21 heavy (non-hydrogen) atoms. The molecule has 0 aliphatic heterocycles. The van der Waals surface area contributed by atoms with E-state index < -0.39 is 35.1 Å². The Balaban J connectivity index is 5.71. The number of hydrogen-bond donors (Lipinski definition) is 4. The van der Waals surface area contributed by atoms with Gasteiger partial charge in [0.1, 0.15) is 11.5 Å². The Hall–Kier alpha value is -3.16. The summed E-state index contributed by atoms with van der Waals surface area (Å²) in [4.78, 5) is 45.6. The molecule has 0 spiro atoms. The Morgan fingerprint density at radius 1 is 0.952 bits per heavy atom. The van der Waals surface area contributed by atoms with E-state index >= 15 is 0 Å². The Labute approximate surface area is 121 Å². The van der Waals surface area contributed by atoms with Crippen molar-refractivity contribution in [3.63, 3.8) is 0 Å². The topological polar surface area (TPSA) is 130 Å². The molecule has 8 heteroatoms. The van der Waals surface area contributed by atoms with Crippen LogP contribution >= 0.6 is 0 Å². The van der Waals surface area contributed by atoms with E-state index in [9.17, 15) is 19.2 Å².